The molecule has 1 saturated heterocycles. The molecule has 0 spiro atoms. The lowest BCUT2D eigenvalue weighted by Crippen LogP contribution is -2.43. The quantitative estimate of drug-likeness (QED) is 0.843. The summed E-state index contributed by atoms with van der Waals surface area (Å²) in [4.78, 5) is 32.6. The standard InChI is InChI=1S/C14H15N5O3/c1-9-6-12(20)18-13(17-9)11-8-19(4-5-22-11)14(21)10-2-3-15-16-7-10/h2-3,6-7,11H,4-5,8H2,1H3,(H,17,18,20)/t11-/m1/s1. The zero-order valence-corrected chi connectivity index (χ0v) is 12.0. The van der Waals surface area contributed by atoms with Crippen LogP contribution in [0.3, 0.4) is 0 Å². The molecule has 0 unspecified atom stereocenters. The largest absolute Gasteiger partial charge is 0.367 e. The fraction of sp³-hybridized carbons (Fsp3) is 0.357. The van der Waals surface area contributed by atoms with Crippen LogP contribution in [0.15, 0.2) is 29.3 Å². The topological polar surface area (TPSA) is 101 Å². The summed E-state index contributed by atoms with van der Waals surface area (Å²) in [6.45, 7) is 2.93. The first-order chi connectivity index (χ1) is 10.6. The zero-order chi connectivity index (χ0) is 15.5. The SMILES string of the molecule is Cc1cc(=O)[nH]c([C@H]2CN(C(=O)c3ccnnc3)CCO2)n1. The van der Waals surface area contributed by atoms with Gasteiger partial charge in [-0.2, -0.15) is 10.2 Å². The van der Waals surface area contributed by atoms with E-state index in [4.69, 9.17) is 4.74 Å². The number of hydrogen-bond acceptors (Lipinski definition) is 6. The van der Waals surface area contributed by atoms with Crippen LogP contribution in [-0.2, 0) is 4.74 Å². The Bertz CT molecular complexity index is 731. The minimum absolute atomic E-state index is 0.141. The maximum absolute atomic E-state index is 12.4. The number of aryl methyl sites for hydroxylation is 1. The Hall–Kier alpha value is -2.61. The molecule has 1 N–H and O–H groups in total. The number of nitrogens with zero attached hydrogens (tertiary/aromatic N) is 4. The highest BCUT2D eigenvalue weighted by Gasteiger charge is 2.27. The van der Waals surface area contributed by atoms with Gasteiger partial charge in [-0.05, 0) is 13.0 Å². The molecule has 1 amide bonds. The van der Waals surface area contributed by atoms with Gasteiger partial charge in [-0.1, -0.05) is 0 Å². The van der Waals surface area contributed by atoms with E-state index in [1.165, 1.54) is 18.5 Å². The summed E-state index contributed by atoms with van der Waals surface area (Å²) in [6, 6.07) is 3.03. The molecular formula is C14H15N5O3. The molecule has 8 nitrogen and oxygen atoms in total. The number of H-pyrrole nitrogens is 1. The van der Waals surface area contributed by atoms with Crippen molar-refractivity contribution in [3.8, 4) is 0 Å². The maximum atomic E-state index is 12.4. The minimum atomic E-state index is -0.444. The highest BCUT2D eigenvalue weighted by atomic mass is 16.5. The summed E-state index contributed by atoms with van der Waals surface area (Å²) >= 11 is 0. The van der Waals surface area contributed by atoms with Gasteiger partial charge in [0.2, 0.25) is 0 Å². The molecule has 2 aromatic rings. The second-order valence-electron chi connectivity index (χ2n) is 5.01. The Labute approximate surface area is 126 Å². The molecule has 1 aliphatic heterocycles. The van der Waals surface area contributed by atoms with E-state index in [9.17, 15) is 9.59 Å². The lowest BCUT2D eigenvalue weighted by Gasteiger charge is -2.32. The van der Waals surface area contributed by atoms with Crippen LogP contribution in [0.1, 0.15) is 28.0 Å². The number of carbonyl (C=O) groups excluding carboxylic acids is 1. The molecule has 114 valence electrons. The van der Waals surface area contributed by atoms with Crippen molar-refractivity contribution in [2.45, 2.75) is 13.0 Å². The van der Waals surface area contributed by atoms with Gasteiger partial charge in [0.05, 0.1) is 31.1 Å². The van der Waals surface area contributed by atoms with Crippen LogP contribution in [0.4, 0.5) is 0 Å². The summed E-state index contributed by atoms with van der Waals surface area (Å²) in [5.74, 6) is 0.300. The number of nitrogens with one attached hydrogen (secondary N) is 1. The van der Waals surface area contributed by atoms with E-state index in [1.807, 2.05) is 0 Å². The highest BCUT2D eigenvalue weighted by Crippen LogP contribution is 2.19. The van der Waals surface area contributed by atoms with E-state index < -0.39 is 6.10 Å². The first-order valence-electron chi connectivity index (χ1n) is 6.89. The van der Waals surface area contributed by atoms with Gasteiger partial charge in [0.15, 0.2) is 0 Å². The second-order valence-corrected chi connectivity index (χ2v) is 5.01. The van der Waals surface area contributed by atoms with Gasteiger partial charge in [0.25, 0.3) is 11.5 Å². The monoisotopic (exact) mass is 301 g/mol. The number of rotatable bonds is 2. The molecule has 3 rings (SSSR count). The third kappa shape index (κ3) is 3.01. The van der Waals surface area contributed by atoms with E-state index in [2.05, 4.69) is 20.2 Å². The molecule has 2 aromatic heterocycles. The molecule has 0 aliphatic carbocycles. The first-order valence-corrected chi connectivity index (χ1v) is 6.89. The van der Waals surface area contributed by atoms with Crippen molar-refractivity contribution in [3.63, 3.8) is 0 Å². The zero-order valence-electron chi connectivity index (χ0n) is 12.0. The lowest BCUT2D eigenvalue weighted by atomic mass is 10.2. The molecule has 0 radical (unpaired) electrons. The van der Waals surface area contributed by atoms with Gasteiger partial charge in [-0.3, -0.25) is 9.59 Å². The third-order valence-corrected chi connectivity index (χ3v) is 3.38. The molecular weight excluding hydrogens is 286 g/mol. The molecule has 1 aliphatic rings. The number of carbonyl (C=O) groups is 1. The number of ether oxygens (including phenoxy) is 1. The van der Waals surface area contributed by atoms with E-state index in [0.29, 0.717) is 36.8 Å². The fourth-order valence-electron chi connectivity index (χ4n) is 2.35. The van der Waals surface area contributed by atoms with Gasteiger partial charge in [0.1, 0.15) is 11.9 Å². The van der Waals surface area contributed by atoms with Crippen molar-refractivity contribution in [1.29, 1.82) is 0 Å². The highest BCUT2D eigenvalue weighted by molar-refractivity contribution is 5.93. The first kappa shape index (κ1) is 14.3. The molecule has 0 aromatic carbocycles. The number of aromatic amines is 1. The average molecular weight is 301 g/mol. The van der Waals surface area contributed by atoms with Crippen LogP contribution in [-0.4, -0.2) is 50.7 Å². The predicted octanol–water partition coefficient (Wildman–Crippen LogP) is 0.0820. The summed E-state index contributed by atoms with van der Waals surface area (Å²) in [6.07, 6.45) is 2.46. The molecule has 1 atom stereocenters. The van der Waals surface area contributed by atoms with Gasteiger partial charge < -0.3 is 14.6 Å². The Kier molecular flexibility index (Phi) is 3.92. The molecule has 0 bridgehead atoms. The van der Waals surface area contributed by atoms with E-state index in [-0.39, 0.29) is 11.5 Å². The molecule has 0 saturated carbocycles. The van der Waals surface area contributed by atoms with Gasteiger partial charge >= 0.3 is 0 Å². The smallest absolute Gasteiger partial charge is 0.255 e. The van der Waals surface area contributed by atoms with Crippen molar-refractivity contribution < 1.29 is 9.53 Å². The van der Waals surface area contributed by atoms with E-state index in [1.54, 1.807) is 17.9 Å². The molecule has 1 fully saturated rings. The van der Waals surface area contributed by atoms with Crippen LogP contribution in [0.2, 0.25) is 0 Å². The normalized spacial score (nSPS) is 18.2. The lowest BCUT2D eigenvalue weighted by molar-refractivity contribution is -0.0270. The van der Waals surface area contributed by atoms with Crippen LogP contribution in [0.25, 0.3) is 0 Å². The van der Waals surface area contributed by atoms with Crippen LogP contribution in [0.5, 0.6) is 0 Å². The Balaban J connectivity index is 1.79. The fourth-order valence-corrected chi connectivity index (χ4v) is 2.35. The van der Waals surface area contributed by atoms with Crippen LogP contribution in [0, 0.1) is 6.92 Å². The summed E-state index contributed by atoms with van der Waals surface area (Å²) in [5.41, 5.74) is 0.860. The van der Waals surface area contributed by atoms with Crippen molar-refractivity contribution >= 4 is 5.91 Å². The Morgan fingerprint density at radius 2 is 2.32 bits per heavy atom. The number of amides is 1. The Morgan fingerprint density at radius 3 is 3.05 bits per heavy atom. The van der Waals surface area contributed by atoms with Crippen LogP contribution < -0.4 is 5.56 Å². The third-order valence-electron chi connectivity index (χ3n) is 3.38. The van der Waals surface area contributed by atoms with Gasteiger partial charge in [-0.15, -0.1) is 0 Å². The van der Waals surface area contributed by atoms with Crippen molar-refractivity contribution in [2.75, 3.05) is 19.7 Å². The number of morpholine rings is 1. The second kappa shape index (κ2) is 6.02. The van der Waals surface area contributed by atoms with Gasteiger partial charge in [0, 0.05) is 18.3 Å². The van der Waals surface area contributed by atoms with Crippen molar-refractivity contribution in [1.82, 2.24) is 25.1 Å². The summed E-state index contributed by atoms with van der Waals surface area (Å²) in [7, 11) is 0. The summed E-state index contributed by atoms with van der Waals surface area (Å²) < 4.78 is 5.64. The van der Waals surface area contributed by atoms with E-state index >= 15 is 0 Å². The van der Waals surface area contributed by atoms with E-state index in [0.717, 1.165) is 0 Å². The number of aromatic nitrogens is 4. The van der Waals surface area contributed by atoms with Crippen molar-refractivity contribution in [3.05, 3.63) is 52.0 Å². The Morgan fingerprint density at radius 1 is 1.45 bits per heavy atom. The summed E-state index contributed by atoms with van der Waals surface area (Å²) in [5, 5.41) is 7.37. The minimum Gasteiger partial charge on any atom is -0.367 e. The predicted molar refractivity (Wildman–Crippen MR) is 76.2 cm³/mol. The molecule has 8 heteroatoms. The maximum Gasteiger partial charge on any atom is 0.255 e. The molecule has 22 heavy (non-hydrogen) atoms. The van der Waals surface area contributed by atoms with Crippen LogP contribution >= 0.6 is 0 Å². The average Bonchev–Trinajstić information content (AvgIpc) is 2.54. The molecule has 3 heterocycles. The van der Waals surface area contributed by atoms with Crippen molar-refractivity contribution in [2.24, 2.45) is 0 Å². The number of hydrogen-bond donors (Lipinski definition) is 1. The van der Waals surface area contributed by atoms with Gasteiger partial charge in [-0.25, -0.2) is 4.98 Å².